The average molecular weight is 209 g/mol. The van der Waals surface area contributed by atoms with E-state index in [0.717, 1.165) is 30.7 Å². The van der Waals surface area contributed by atoms with Crippen molar-refractivity contribution in [1.82, 2.24) is 4.98 Å². The van der Waals surface area contributed by atoms with Gasteiger partial charge in [0.2, 0.25) is 0 Å². The van der Waals surface area contributed by atoms with Gasteiger partial charge in [-0.1, -0.05) is 0 Å². The van der Waals surface area contributed by atoms with Gasteiger partial charge in [0.25, 0.3) is 0 Å². The zero-order valence-electron chi connectivity index (χ0n) is 8.67. The van der Waals surface area contributed by atoms with Gasteiger partial charge in [-0.25, -0.2) is 4.98 Å². The van der Waals surface area contributed by atoms with Gasteiger partial charge in [0, 0.05) is 17.7 Å². The maximum Gasteiger partial charge on any atom is 0.132 e. The monoisotopic (exact) mass is 209 g/mol. The summed E-state index contributed by atoms with van der Waals surface area (Å²) >= 11 is 1.80. The molecule has 76 valence electrons. The summed E-state index contributed by atoms with van der Waals surface area (Å²) < 4.78 is 0. The number of Topliss-reactive ketones (excluding diaryl/α,β-unsaturated/α-hetero) is 1. The van der Waals surface area contributed by atoms with E-state index in [9.17, 15) is 4.79 Å². The largest absolute Gasteiger partial charge is 0.300 e. The molecule has 1 saturated carbocycles. The highest BCUT2D eigenvalue weighted by Crippen LogP contribution is 2.36. The summed E-state index contributed by atoms with van der Waals surface area (Å²) in [5.41, 5.74) is 1.17. The van der Waals surface area contributed by atoms with Gasteiger partial charge in [0.05, 0.1) is 10.7 Å². The molecule has 0 spiro atoms. The highest BCUT2D eigenvalue weighted by Gasteiger charge is 2.23. The topological polar surface area (TPSA) is 30.0 Å². The molecule has 0 radical (unpaired) electrons. The summed E-state index contributed by atoms with van der Waals surface area (Å²) in [6.45, 7) is 4.13. The Morgan fingerprint density at radius 1 is 1.29 bits per heavy atom. The molecule has 0 atom stereocenters. The molecule has 1 aliphatic carbocycles. The van der Waals surface area contributed by atoms with Crippen LogP contribution in [0.1, 0.15) is 47.2 Å². The summed E-state index contributed by atoms with van der Waals surface area (Å²) in [6, 6.07) is 0. The summed E-state index contributed by atoms with van der Waals surface area (Å²) in [7, 11) is 0. The minimum atomic E-state index is 0.431. The van der Waals surface area contributed by atoms with Gasteiger partial charge in [0.15, 0.2) is 0 Å². The van der Waals surface area contributed by atoms with Crippen LogP contribution in [-0.4, -0.2) is 10.8 Å². The number of carbonyl (C=O) groups excluding carboxylic acids is 1. The minimum absolute atomic E-state index is 0.431. The Balaban J connectivity index is 2.15. The zero-order valence-corrected chi connectivity index (χ0v) is 9.49. The Hall–Kier alpha value is -0.700. The quantitative estimate of drug-likeness (QED) is 0.711. The number of rotatable bonds is 1. The van der Waals surface area contributed by atoms with Gasteiger partial charge in [-0.15, -0.1) is 11.3 Å². The predicted molar refractivity (Wildman–Crippen MR) is 57.8 cm³/mol. The Bertz CT molecular complexity index is 346. The Kier molecular flexibility index (Phi) is 2.68. The normalized spacial score (nSPS) is 18.9. The van der Waals surface area contributed by atoms with E-state index in [1.54, 1.807) is 11.3 Å². The van der Waals surface area contributed by atoms with Crippen LogP contribution in [0.4, 0.5) is 0 Å². The second kappa shape index (κ2) is 3.81. The van der Waals surface area contributed by atoms with E-state index >= 15 is 0 Å². The van der Waals surface area contributed by atoms with Crippen LogP contribution in [0, 0.1) is 13.8 Å². The van der Waals surface area contributed by atoms with Gasteiger partial charge in [-0.05, 0) is 32.6 Å². The van der Waals surface area contributed by atoms with Crippen LogP contribution < -0.4 is 0 Å². The van der Waals surface area contributed by atoms with Gasteiger partial charge in [-0.3, -0.25) is 4.79 Å². The van der Waals surface area contributed by atoms with Crippen LogP contribution in [0.25, 0.3) is 0 Å². The van der Waals surface area contributed by atoms with E-state index in [2.05, 4.69) is 18.8 Å². The third kappa shape index (κ3) is 1.87. The molecule has 0 aromatic carbocycles. The van der Waals surface area contributed by atoms with Crippen molar-refractivity contribution in [3.8, 4) is 0 Å². The number of carbonyl (C=O) groups is 1. The second-order valence-electron chi connectivity index (χ2n) is 4.00. The Morgan fingerprint density at radius 3 is 2.43 bits per heavy atom. The maximum atomic E-state index is 11.1. The van der Waals surface area contributed by atoms with Crippen molar-refractivity contribution in [2.75, 3.05) is 0 Å². The fraction of sp³-hybridized carbons (Fsp3) is 0.636. The predicted octanol–water partition coefficient (Wildman–Crippen LogP) is 2.99. The van der Waals surface area contributed by atoms with Crippen molar-refractivity contribution in [3.05, 3.63) is 15.6 Å². The van der Waals surface area contributed by atoms with E-state index in [1.165, 1.54) is 10.6 Å². The second-order valence-corrected chi connectivity index (χ2v) is 5.23. The maximum absolute atomic E-state index is 11.1. The molecule has 0 unspecified atom stereocenters. The minimum Gasteiger partial charge on any atom is -0.300 e. The van der Waals surface area contributed by atoms with E-state index < -0.39 is 0 Å². The van der Waals surface area contributed by atoms with E-state index in [0.29, 0.717) is 11.7 Å². The van der Waals surface area contributed by atoms with Crippen molar-refractivity contribution >= 4 is 17.1 Å². The zero-order chi connectivity index (χ0) is 10.1. The molecule has 14 heavy (non-hydrogen) atoms. The molecule has 3 heteroatoms. The molecule has 2 rings (SSSR count). The van der Waals surface area contributed by atoms with Gasteiger partial charge < -0.3 is 0 Å². The molecule has 1 aromatic rings. The summed E-state index contributed by atoms with van der Waals surface area (Å²) in [5, 5.41) is 1.15. The number of ketones is 1. The first-order valence-corrected chi connectivity index (χ1v) is 5.94. The molecule has 1 heterocycles. The number of nitrogens with zero attached hydrogens (tertiary/aromatic N) is 1. The van der Waals surface area contributed by atoms with E-state index in [-0.39, 0.29) is 0 Å². The lowest BCUT2D eigenvalue weighted by molar-refractivity contribution is -0.120. The van der Waals surface area contributed by atoms with Crippen molar-refractivity contribution in [3.63, 3.8) is 0 Å². The smallest absolute Gasteiger partial charge is 0.132 e. The SMILES string of the molecule is Cc1nc(C)c(C2CCC(=O)CC2)s1. The number of hydrogen-bond acceptors (Lipinski definition) is 3. The van der Waals surface area contributed by atoms with Gasteiger partial charge in [0.1, 0.15) is 5.78 Å². The van der Waals surface area contributed by atoms with E-state index in [4.69, 9.17) is 0 Å². The Labute approximate surface area is 88.4 Å². The highest BCUT2D eigenvalue weighted by molar-refractivity contribution is 7.11. The highest BCUT2D eigenvalue weighted by atomic mass is 32.1. The molecule has 2 nitrogen and oxygen atoms in total. The fourth-order valence-electron chi connectivity index (χ4n) is 2.13. The molecular formula is C11H15NOS. The standard InChI is InChI=1S/C11H15NOS/c1-7-11(14-8(2)12-7)9-3-5-10(13)6-4-9/h9H,3-6H2,1-2H3. The first-order valence-electron chi connectivity index (χ1n) is 5.12. The van der Waals surface area contributed by atoms with Crippen molar-refractivity contribution in [1.29, 1.82) is 0 Å². The van der Waals surface area contributed by atoms with Crippen LogP contribution in [0.3, 0.4) is 0 Å². The molecule has 1 fully saturated rings. The van der Waals surface area contributed by atoms with Crippen molar-refractivity contribution < 1.29 is 4.79 Å². The van der Waals surface area contributed by atoms with Crippen molar-refractivity contribution in [2.45, 2.75) is 45.4 Å². The number of aryl methyl sites for hydroxylation is 2. The lowest BCUT2D eigenvalue weighted by atomic mass is 9.87. The molecule has 0 N–H and O–H groups in total. The van der Waals surface area contributed by atoms with E-state index in [1.807, 2.05) is 0 Å². The molecule has 1 aromatic heterocycles. The lowest BCUT2D eigenvalue weighted by Gasteiger charge is -2.19. The van der Waals surface area contributed by atoms with Gasteiger partial charge in [-0.2, -0.15) is 0 Å². The summed E-state index contributed by atoms with van der Waals surface area (Å²) in [4.78, 5) is 17.0. The number of thiazole rings is 1. The lowest BCUT2D eigenvalue weighted by Crippen LogP contribution is -2.12. The molecule has 0 aliphatic heterocycles. The molecule has 1 aliphatic rings. The summed E-state index contributed by atoms with van der Waals surface area (Å²) in [6.07, 6.45) is 3.59. The first-order chi connectivity index (χ1) is 6.66. The van der Waals surface area contributed by atoms with Crippen molar-refractivity contribution in [2.24, 2.45) is 0 Å². The van der Waals surface area contributed by atoms with Crippen LogP contribution in [0.2, 0.25) is 0 Å². The molecule has 0 amide bonds. The fourth-order valence-corrected chi connectivity index (χ4v) is 3.22. The molecule has 0 bridgehead atoms. The van der Waals surface area contributed by atoms with Crippen LogP contribution >= 0.6 is 11.3 Å². The third-order valence-electron chi connectivity index (χ3n) is 2.85. The summed E-state index contributed by atoms with van der Waals surface area (Å²) in [5.74, 6) is 1.03. The van der Waals surface area contributed by atoms with Crippen LogP contribution in [0.5, 0.6) is 0 Å². The Morgan fingerprint density at radius 2 is 1.93 bits per heavy atom. The van der Waals surface area contributed by atoms with Crippen LogP contribution in [-0.2, 0) is 4.79 Å². The number of aromatic nitrogens is 1. The molecule has 0 saturated heterocycles. The number of hydrogen-bond donors (Lipinski definition) is 0. The van der Waals surface area contributed by atoms with Crippen LogP contribution in [0.15, 0.2) is 0 Å². The van der Waals surface area contributed by atoms with Gasteiger partial charge >= 0.3 is 0 Å². The molecular weight excluding hydrogens is 194 g/mol. The average Bonchev–Trinajstić information content (AvgIpc) is 2.47. The first kappa shape index (κ1) is 9.84. The third-order valence-corrected chi connectivity index (χ3v) is 4.09.